The first kappa shape index (κ1) is 17.4. The van der Waals surface area contributed by atoms with E-state index in [9.17, 15) is 14.4 Å². The zero-order valence-electron chi connectivity index (χ0n) is 12.6. The Morgan fingerprint density at radius 1 is 1.33 bits per heavy atom. The van der Waals surface area contributed by atoms with Gasteiger partial charge in [-0.25, -0.2) is 0 Å². The highest BCUT2D eigenvalue weighted by atomic mass is 16.5. The fourth-order valence-corrected chi connectivity index (χ4v) is 2.42. The van der Waals surface area contributed by atoms with Crippen molar-refractivity contribution >= 4 is 17.8 Å². The summed E-state index contributed by atoms with van der Waals surface area (Å²) >= 11 is 0. The van der Waals surface area contributed by atoms with Crippen LogP contribution in [-0.2, 0) is 19.1 Å². The van der Waals surface area contributed by atoms with Crippen LogP contribution in [0.2, 0.25) is 0 Å². The quantitative estimate of drug-likeness (QED) is 0.686. The van der Waals surface area contributed by atoms with Gasteiger partial charge < -0.3 is 20.5 Å². The summed E-state index contributed by atoms with van der Waals surface area (Å²) in [6.45, 7) is 4.52. The Bertz CT molecular complexity index is 391. The number of ether oxygens (including phenoxy) is 1. The maximum Gasteiger partial charge on any atom is 0.320 e. The highest BCUT2D eigenvalue weighted by Crippen LogP contribution is 2.17. The van der Waals surface area contributed by atoms with Crippen LogP contribution in [0.4, 0.5) is 0 Å². The Morgan fingerprint density at radius 2 is 1.90 bits per heavy atom. The number of amides is 1. The third-order valence-corrected chi connectivity index (χ3v) is 3.67. The number of nitrogens with zero attached hydrogens (tertiary/aromatic N) is 1. The largest absolute Gasteiger partial charge is 0.480 e. The van der Waals surface area contributed by atoms with Gasteiger partial charge in [-0.15, -0.1) is 0 Å². The number of piperidine rings is 1. The molecule has 1 rings (SSSR count). The third-order valence-electron chi connectivity index (χ3n) is 3.67. The number of likely N-dealkylation sites (tertiary alicyclic amines) is 1. The van der Waals surface area contributed by atoms with E-state index in [0.717, 1.165) is 0 Å². The van der Waals surface area contributed by atoms with Crippen molar-refractivity contribution in [1.29, 1.82) is 0 Å². The number of carbonyl (C=O) groups is 3. The van der Waals surface area contributed by atoms with Crippen LogP contribution in [0.1, 0.15) is 39.5 Å². The average molecular weight is 300 g/mol. The minimum atomic E-state index is -1.06. The molecule has 0 radical (unpaired) electrons. The zero-order valence-corrected chi connectivity index (χ0v) is 12.6. The molecule has 3 N–H and O–H groups in total. The predicted octanol–water partition coefficient (Wildman–Crippen LogP) is 0.369. The first-order valence-corrected chi connectivity index (χ1v) is 7.23. The summed E-state index contributed by atoms with van der Waals surface area (Å²) in [4.78, 5) is 35.4. The molecule has 1 fully saturated rings. The summed E-state index contributed by atoms with van der Waals surface area (Å²) in [7, 11) is 0. The molecule has 0 spiro atoms. The maximum atomic E-state index is 11.8. The van der Waals surface area contributed by atoms with Crippen molar-refractivity contribution in [3.63, 3.8) is 0 Å². The topological polar surface area (TPSA) is 110 Å². The number of carbonyl (C=O) groups excluding carboxylic acids is 2. The van der Waals surface area contributed by atoms with E-state index in [4.69, 9.17) is 15.6 Å². The Morgan fingerprint density at radius 3 is 2.38 bits per heavy atom. The molecule has 1 amide bonds. The second-order valence-electron chi connectivity index (χ2n) is 5.69. The molecule has 21 heavy (non-hydrogen) atoms. The molecule has 7 heteroatoms. The number of hydrogen-bond acceptors (Lipinski definition) is 5. The lowest BCUT2D eigenvalue weighted by atomic mass is 9.99. The van der Waals surface area contributed by atoms with Gasteiger partial charge in [-0.2, -0.15) is 0 Å². The molecule has 0 aromatic heterocycles. The zero-order chi connectivity index (χ0) is 16.0. The van der Waals surface area contributed by atoms with Gasteiger partial charge in [0.15, 0.2) is 0 Å². The molecular formula is C14H24N2O5. The first-order chi connectivity index (χ1) is 9.79. The SMILES string of the molecule is CC(=O)N1CCC(OC(=O)CC(C)C[C@H](N)C(=O)O)CC1. The molecule has 1 heterocycles. The molecule has 0 aromatic rings. The smallest absolute Gasteiger partial charge is 0.320 e. The predicted molar refractivity (Wildman–Crippen MR) is 75.4 cm³/mol. The van der Waals surface area contributed by atoms with Gasteiger partial charge in [0.05, 0.1) is 0 Å². The standard InChI is InChI=1S/C14H24N2O5/c1-9(7-12(15)14(19)20)8-13(18)21-11-3-5-16(6-4-11)10(2)17/h9,11-12H,3-8,15H2,1-2H3,(H,19,20)/t9?,12-/m0/s1. The Balaban J connectivity index is 2.28. The summed E-state index contributed by atoms with van der Waals surface area (Å²) < 4.78 is 5.37. The van der Waals surface area contributed by atoms with Crippen molar-refractivity contribution in [2.75, 3.05) is 13.1 Å². The second-order valence-corrected chi connectivity index (χ2v) is 5.69. The minimum Gasteiger partial charge on any atom is -0.480 e. The summed E-state index contributed by atoms with van der Waals surface area (Å²) in [5, 5.41) is 8.72. The Hall–Kier alpha value is -1.63. The van der Waals surface area contributed by atoms with E-state index in [2.05, 4.69) is 0 Å². The summed E-state index contributed by atoms with van der Waals surface area (Å²) in [5.41, 5.74) is 5.43. The Kier molecular flexibility index (Phi) is 6.61. The van der Waals surface area contributed by atoms with Crippen molar-refractivity contribution in [1.82, 2.24) is 4.90 Å². The number of carboxylic acids is 1. The van der Waals surface area contributed by atoms with E-state index < -0.39 is 12.0 Å². The lowest BCUT2D eigenvalue weighted by molar-refractivity contribution is -0.153. The molecule has 120 valence electrons. The summed E-state index contributed by atoms with van der Waals surface area (Å²) in [5.74, 6) is -1.50. The fraction of sp³-hybridized carbons (Fsp3) is 0.786. The molecule has 0 aliphatic carbocycles. The van der Waals surface area contributed by atoms with Crippen LogP contribution in [0.3, 0.4) is 0 Å². The van der Waals surface area contributed by atoms with E-state index in [-0.39, 0.29) is 36.7 Å². The molecule has 0 bridgehead atoms. The monoisotopic (exact) mass is 300 g/mol. The number of hydrogen-bond donors (Lipinski definition) is 2. The van der Waals surface area contributed by atoms with Crippen LogP contribution >= 0.6 is 0 Å². The van der Waals surface area contributed by atoms with E-state index in [1.54, 1.807) is 11.8 Å². The van der Waals surface area contributed by atoms with Gasteiger partial charge in [-0.05, 0) is 12.3 Å². The molecule has 1 aliphatic heterocycles. The van der Waals surface area contributed by atoms with Crippen molar-refractivity contribution in [2.24, 2.45) is 11.7 Å². The first-order valence-electron chi connectivity index (χ1n) is 7.23. The molecule has 2 atom stereocenters. The van der Waals surface area contributed by atoms with E-state index in [0.29, 0.717) is 25.9 Å². The van der Waals surface area contributed by atoms with Gasteiger partial charge in [0.1, 0.15) is 12.1 Å². The van der Waals surface area contributed by atoms with E-state index in [1.807, 2.05) is 0 Å². The van der Waals surface area contributed by atoms with Crippen molar-refractivity contribution in [3.8, 4) is 0 Å². The highest BCUT2D eigenvalue weighted by Gasteiger charge is 2.25. The van der Waals surface area contributed by atoms with E-state index in [1.165, 1.54) is 6.92 Å². The van der Waals surface area contributed by atoms with Crippen molar-refractivity contribution in [3.05, 3.63) is 0 Å². The van der Waals surface area contributed by atoms with Gasteiger partial charge in [0, 0.05) is 39.3 Å². The maximum absolute atomic E-state index is 11.8. The minimum absolute atomic E-state index is 0.0380. The average Bonchev–Trinajstić information content (AvgIpc) is 2.38. The number of nitrogens with two attached hydrogens (primary N) is 1. The normalized spacial score (nSPS) is 18.9. The lowest BCUT2D eigenvalue weighted by Gasteiger charge is -2.31. The molecule has 0 aromatic carbocycles. The number of aliphatic carboxylic acids is 1. The van der Waals surface area contributed by atoms with Crippen LogP contribution < -0.4 is 5.73 Å². The van der Waals surface area contributed by atoms with Crippen molar-refractivity contribution in [2.45, 2.75) is 51.7 Å². The molecule has 7 nitrogen and oxygen atoms in total. The van der Waals surface area contributed by atoms with Gasteiger partial charge in [0.25, 0.3) is 0 Å². The number of esters is 1. The van der Waals surface area contributed by atoms with E-state index >= 15 is 0 Å². The van der Waals surface area contributed by atoms with Crippen LogP contribution in [0, 0.1) is 5.92 Å². The van der Waals surface area contributed by atoms with Gasteiger partial charge >= 0.3 is 11.9 Å². The fourth-order valence-electron chi connectivity index (χ4n) is 2.42. The van der Waals surface area contributed by atoms with Crippen molar-refractivity contribution < 1.29 is 24.2 Å². The Labute approximate surface area is 124 Å². The molecule has 0 saturated carbocycles. The van der Waals surface area contributed by atoms with Crippen LogP contribution in [-0.4, -0.2) is 53.1 Å². The van der Waals surface area contributed by atoms with Gasteiger partial charge in [-0.3, -0.25) is 14.4 Å². The van der Waals surface area contributed by atoms with Gasteiger partial charge in [0.2, 0.25) is 5.91 Å². The van der Waals surface area contributed by atoms with Crippen LogP contribution in [0.25, 0.3) is 0 Å². The number of rotatable bonds is 6. The molecule has 1 unspecified atom stereocenters. The van der Waals surface area contributed by atoms with Crippen LogP contribution in [0.15, 0.2) is 0 Å². The third kappa shape index (κ3) is 6.12. The lowest BCUT2D eigenvalue weighted by Crippen LogP contribution is -2.40. The second kappa shape index (κ2) is 7.97. The van der Waals surface area contributed by atoms with Crippen LogP contribution in [0.5, 0.6) is 0 Å². The molecular weight excluding hydrogens is 276 g/mol. The summed E-state index contributed by atoms with van der Waals surface area (Å²) in [6.07, 6.45) is 1.54. The highest BCUT2D eigenvalue weighted by molar-refractivity contribution is 5.74. The molecule has 1 aliphatic rings. The number of carboxylic acid groups (broad SMARTS) is 1. The van der Waals surface area contributed by atoms with Gasteiger partial charge in [-0.1, -0.05) is 6.92 Å². The summed E-state index contributed by atoms with van der Waals surface area (Å²) in [6, 6.07) is -0.952. The molecule has 1 saturated heterocycles.